The lowest BCUT2D eigenvalue weighted by Gasteiger charge is -2.15. The summed E-state index contributed by atoms with van der Waals surface area (Å²) in [5.74, 6) is 0.805. The Morgan fingerprint density at radius 3 is 2.55 bits per heavy atom. The van der Waals surface area contributed by atoms with Gasteiger partial charge in [0.2, 0.25) is 0 Å². The Kier molecular flexibility index (Phi) is 10.8. The Morgan fingerprint density at radius 2 is 1.95 bits per heavy atom. The van der Waals surface area contributed by atoms with Gasteiger partial charge in [-0.2, -0.15) is 0 Å². The van der Waals surface area contributed by atoms with Crippen molar-refractivity contribution in [1.82, 2.24) is 10.6 Å². The van der Waals surface area contributed by atoms with Crippen molar-refractivity contribution in [3.05, 3.63) is 22.7 Å². The van der Waals surface area contributed by atoms with Gasteiger partial charge >= 0.3 is 0 Å². The van der Waals surface area contributed by atoms with Crippen molar-refractivity contribution >= 4 is 29.9 Å². The van der Waals surface area contributed by atoms with Crippen LogP contribution < -0.4 is 20.1 Å². The summed E-state index contributed by atoms with van der Waals surface area (Å²) in [6.45, 7) is 6.16. The Morgan fingerprint density at radius 1 is 1.23 bits per heavy atom. The molecule has 1 aromatic carbocycles. The van der Waals surface area contributed by atoms with Gasteiger partial charge in [0.15, 0.2) is 11.5 Å². The van der Waals surface area contributed by atoms with E-state index < -0.39 is 0 Å². The first-order chi connectivity index (χ1) is 10.1. The molecule has 0 unspecified atom stereocenters. The lowest BCUT2D eigenvalue weighted by atomic mass is 10.2. The summed E-state index contributed by atoms with van der Waals surface area (Å²) >= 11 is 6.21. The van der Waals surface area contributed by atoms with Crippen LogP contribution in [0.15, 0.2) is 12.1 Å². The highest BCUT2D eigenvalue weighted by Gasteiger charge is 2.16. The van der Waals surface area contributed by atoms with Gasteiger partial charge < -0.3 is 20.1 Å². The monoisotopic (exact) mass is 350 g/mol. The molecule has 7 heteroatoms. The van der Waals surface area contributed by atoms with Crippen LogP contribution in [-0.4, -0.2) is 39.3 Å². The van der Waals surface area contributed by atoms with Gasteiger partial charge in [0.1, 0.15) is 0 Å². The predicted molar refractivity (Wildman–Crippen MR) is 91.9 cm³/mol. The van der Waals surface area contributed by atoms with Gasteiger partial charge in [0, 0.05) is 18.7 Å². The topological polar surface area (TPSA) is 59.6 Å². The standard InChI is InChI=1S/C15H23ClN2O3.ClH/c1-4-8-21-14-12(16)9-11(10-13(14)20-5-2)15(19)18-7-6-17-3;/h9-10,17H,4-8H2,1-3H3,(H,18,19);1H. The number of hydrogen-bond donors (Lipinski definition) is 2. The summed E-state index contributed by atoms with van der Waals surface area (Å²) in [6.07, 6.45) is 0.869. The van der Waals surface area contributed by atoms with E-state index >= 15 is 0 Å². The molecule has 0 aromatic heterocycles. The number of hydrogen-bond acceptors (Lipinski definition) is 4. The van der Waals surface area contributed by atoms with Crippen molar-refractivity contribution in [3.63, 3.8) is 0 Å². The highest BCUT2D eigenvalue weighted by Crippen LogP contribution is 2.36. The molecule has 0 spiro atoms. The van der Waals surface area contributed by atoms with Gasteiger partial charge in [-0.1, -0.05) is 18.5 Å². The molecule has 0 radical (unpaired) electrons. The van der Waals surface area contributed by atoms with Gasteiger partial charge in [-0.3, -0.25) is 4.79 Å². The van der Waals surface area contributed by atoms with Crippen molar-refractivity contribution < 1.29 is 14.3 Å². The molecule has 0 saturated heterocycles. The molecule has 1 aromatic rings. The molecule has 22 heavy (non-hydrogen) atoms. The molecule has 0 aliphatic carbocycles. The molecule has 1 rings (SSSR count). The quantitative estimate of drug-likeness (QED) is 0.672. The van der Waals surface area contributed by atoms with Crippen LogP contribution in [0.4, 0.5) is 0 Å². The third kappa shape index (κ3) is 6.30. The van der Waals surface area contributed by atoms with E-state index in [-0.39, 0.29) is 18.3 Å². The Balaban J connectivity index is 0.00000441. The summed E-state index contributed by atoms with van der Waals surface area (Å²) in [7, 11) is 1.83. The van der Waals surface area contributed by atoms with Crippen LogP contribution in [0.1, 0.15) is 30.6 Å². The third-order valence-electron chi connectivity index (χ3n) is 2.68. The Bertz CT molecular complexity index is 470. The first-order valence-electron chi connectivity index (χ1n) is 7.15. The average Bonchev–Trinajstić information content (AvgIpc) is 2.46. The van der Waals surface area contributed by atoms with Crippen LogP contribution in [0.3, 0.4) is 0 Å². The highest BCUT2D eigenvalue weighted by molar-refractivity contribution is 6.32. The van der Waals surface area contributed by atoms with E-state index in [1.54, 1.807) is 12.1 Å². The number of carbonyl (C=O) groups excluding carboxylic acids is 1. The number of amides is 1. The van der Waals surface area contributed by atoms with Crippen LogP contribution in [0, 0.1) is 0 Å². The molecule has 0 aliphatic rings. The van der Waals surface area contributed by atoms with Gasteiger partial charge in [-0.25, -0.2) is 0 Å². The minimum atomic E-state index is -0.185. The Hall–Kier alpha value is -1.17. The van der Waals surface area contributed by atoms with E-state index in [2.05, 4.69) is 10.6 Å². The van der Waals surface area contributed by atoms with E-state index in [9.17, 15) is 4.79 Å². The molecule has 0 bridgehead atoms. The van der Waals surface area contributed by atoms with Crippen LogP contribution in [0.25, 0.3) is 0 Å². The highest BCUT2D eigenvalue weighted by atomic mass is 35.5. The fourth-order valence-corrected chi connectivity index (χ4v) is 1.97. The van der Waals surface area contributed by atoms with E-state index in [1.165, 1.54) is 0 Å². The molecule has 2 N–H and O–H groups in total. The maximum Gasteiger partial charge on any atom is 0.251 e. The molecule has 0 heterocycles. The molecule has 0 saturated carbocycles. The number of nitrogens with one attached hydrogen (secondary N) is 2. The minimum absolute atomic E-state index is 0. The van der Waals surface area contributed by atoms with Crippen molar-refractivity contribution in [2.45, 2.75) is 20.3 Å². The van der Waals surface area contributed by atoms with Gasteiger partial charge in [-0.15, -0.1) is 12.4 Å². The molecule has 0 fully saturated rings. The summed E-state index contributed by atoms with van der Waals surface area (Å²) in [6, 6.07) is 3.26. The van der Waals surface area contributed by atoms with Crippen LogP contribution in [0.5, 0.6) is 11.5 Å². The van der Waals surface area contributed by atoms with Crippen molar-refractivity contribution in [3.8, 4) is 11.5 Å². The number of carbonyl (C=O) groups is 1. The van der Waals surface area contributed by atoms with E-state index in [4.69, 9.17) is 21.1 Å². The summed E-state index contributed by atoms with van der Waals surface area (Å²) in [5.41, 5.74) is 0.461. The van der Waals surface area contributed by atoms with E-state index in [1.807, 2.05) is 20.9 Å². The fourth-order valence-electron chi connectivity index (χ4n) is 1.71. The minimum Gasteiger partial charge on any atom is -0.490 e. The smallest absolute Gasteiger partial charge is 0.251 e. The SMILES string of the molecule is CCCOc1c(Cl)cc(C(=O)NCCNC)cc1OCC.Cl. The van der Waals surface area contributed by atoms with Crippen molar-refractivity contribution in [2.75, 3.05) is 33.4 Å². The lowest BCUT2D eigenvalue weighted by Crippen LogP contribution is -2.30. The number of ether oxygens (including phenoxy) is 2. The molecular weight excluding hydrogens is 327 g/mol. The molecule has 0 atom stereocenters. The maximum atomic E-state index is 12.1. The zero-order valence-electron chi connectivity index (χ0n) is 13.2. The second-order valence-electron chi connectivity index (χ2n) is 4.43. The van der Waals surface area contributed by atoms with Gasteiger partial charge in [0.25, 0.3) is 5.91 Å². The summed E-state index contributed by atoms with van der Waals surface area (Å²) in [4.78, 5) is 12.1. The lowest BCUT2D eigenvalue weighted by molar-refractivity contribution is 0.0953. The van der Waals surface area contributed by atoms with E-state index in [0.717, 1.165) is 6.42 Å². The van der Waals surface area contributed by atoms with Crippen molar-refractivity contribution in [2.24, 2.45) is 0 Å². The maximum absolute atomic E-state index is 12.1. The third-order valence-corrected chi connectivity index (χ3v) is 2.96. The second-order valence-corrected chi connectivity index (χ2v) is 4.83. The summed E-state index contributed by atoms with van der Waals surface area (Å²) < 4.78 is 11.1. The zero-order chi connectivity index (χ0) is 15.7. The van der Waals surface area contributed by atoms with Crippen LogP contribution in [0.2, 0.25) is 5.02 Å². The first-order valence-corrected chi connectivity index (χ1v) is 7.53. The Labute approximate surface area is 143 Å². The normalized spacial score (nSPS) is 9.82. The fraction of sp³-hybridized carbons (Fsp3) is 0.533. The number of benzene rings is 1. The first kappa shape index (κ1) is 20.8. The molecular formula is C15H24Cl2N2O3. The van der Waals surface area contributed by atoms with Crippen LogP contribution in [-0.2, 0) is 0 Å². The molecule has 1 amide bonds. The van der Waals surface area contributed by atoms with Crippen LogP contribution >= 0.6 is 24.0 Å². The zero-order valence-corrected chi connectivity index (χ0v) is 14.8. The molecule has 5 nitrogen and oxygen atoms in total. The summed E-state index contributed by atoms with van der Waals surface area (Å²) in [5, 5.41) is 6.15. The number of halogens is 2. The van der Waals surface area contributed by atoms with Gasteiger partial charge in [0.05, 0.1) is 18.2 Å². The predicted octanol–water partition coefficient (Wildman–Crippen LogP) is 2.90. The van der Waals surface area contributed by atoms with Crippen molar-refractivity contribution in [1.29, 1.82) is 0 Å². The van der Waals surface area contributed by atoms with Gasteiger partial charge in [-0.05, 0) is 32.5 Å². The molecule has 0 aliphatic heterocycles. The number of likely N-dealkylation sites (N-methyl/N-ethyl adjacent to an activating group) is 1. The average molecular weight is 351 g/mol. The number of rotatable bonds is 9. The molecule has 126 valence electrons. The second kappa shape index (κ2) is 11.4. The van der Waals surface area contributed by atoms with E-state index in [0.29, 0.717) is 48.4 Å². The largest absolute Gasteiger partial charge is 0.490 e.